The van der Waals surface area contributed by atoms with Gasteiger partial charge in [-0.1, -0.05) is 6.42 Å². The van der Waals surface area contributed by atoms with Gasteiger partial charge in [-0.15, -0.1) is 11.6 Å². The van der Waals surface area contributed by atoms with Crippen molar-refractivity contribution >= 4 is 11.6 Å². The molecular weight excluding hydrogens is 124 g/mol. The molecule has 1 aliphatic rings. The van der Waals surface area contributed by atoms with E-state index < -0.39 is 0 Å². The molecule has 8 heavy (non-hydrogen) atoms. The standard InChI is InChI=1S/C6H11ClO/c7-4-6(8)5-2-1-3-5/h5-6,8H,1-4H2. The van der Waals surface area contributed by atoms with Crippen molar-refractivity contribution < 1.29 is 5.11 Å². The fourth-order valence-corrected chi connectivity index (χ4v) is 1.20. The van der Waals surface area contributed by atoms with Crippen molar-refractivity contribution in [1.29, 1.82) is 0 Å². The van der Waals surface area contributed by atoms with Crippen molar-refractivity contribution in [3.63, 3.8) is 0 Å². The van der Waals surface area contributed by atoms with Crippen LogP contribution in [0.15, 0.2) is 0 Å². The highest BCUT2D eigenvalue weighted by molar-refractivity contribution is 6.18. The minimum Gasteiger partial charge on any atom is -0.392 e. The molecule has 0 spiro atoms. The lowest BCUT2D eigenvalue weighted by Crippen LogP contribution is -2.27. The first kappa shape index (κ1) is 6.37. The first-order valence-electron chi connectivity index (χ1n) is 3.08. The highest BCUT2D eigenvalue weighted by Crippen LogP contribution is 2.29. The molecule has 0 aromatic carbocycles. The number of hydrogen-bond donors (Lipinski definition) is 1. The molecule has 1 atom stereocenters. The number of rotatable bonds is 2. The molecule has 0 bridgehead atoms. The van der Waals surface area contributed by atoms with Gasteiger partial charge in [0.05, 0.1) is 6.10 Å². The summed E-state index contributed by atoms with van der Waals surface area (Å²) < 4.78 is 0. The molecule has 1 fully saturated rings. The molecule has 1 aliphatic carbocycles. The number of alkyl halides is 1. The quantitative estimate of drug-likeness (QED) is 0.566. The first-order chi connectivity index (χ1) is 3.84. The van der Waals surface area contributed by atoms with Crippen LogP contribution in [0.1, 0.15) is 19.3 Å². The molecule has 0 amide bonds. The van der Waals surface area contributed by atoms with Gasteiger partial charge in [-0.25, -0.2) is 0 Å². The van der Waals surface area contributed by atoms with Gasteiger partial charge in [-0.05, 0) is 18.8 Å². The SMILES string of the molecule is OC(CCl)C1CCC1. The van der Waals surface area contributed by atoms with E-state index in [1.54, 1.807) is 0 Å². The van der Waals surface area contributed by atoms with Gasteiger partial charge in [0.1, 0.15) is 0 Å². The predicted molar refractivity (Wildman–Crippen MR) is 34.1 cm³/mol. The van der Waals surface area contributed by atoms with E-state index in [0.29, 0.717) is 11.8 Å². The fourth-order valence-electron chi connectivity index (χ4n) is 0.951. The Hall–Kier alpha value is 0.250. The normalized spacial score (nSPS) is 24.8. The zero-order valence-electron chi connectivity index (χ0n) is 4.81. The number of halogens is 1. The van der Waals surface area contributed by atoms with Crippen molar-refractivity contribution in [3.8, 4) is 0 Å². The molecule has 2 heteroatoms. The maximum atomic E-state index is 9.05. The van der Waals surface area contributed by atoms with Gasteiger partial charge >= 0.3 is 0 Å². The molecule has 0 heterocycles. The molecule has 1 unspecified atom stereocenters. The minimum atomic E-state index is -0.231. The Balaban J connectivity index is 2.13. The van der Waals surface area contributed by atoms with Crippen molar-refractivity contribution in [3.05, 3.63) is 0 Å². The van der Waals surface area contributed by atoms with E-state index in [1.165, 1.54) is 19.3 Å². The Morgan fingerprint density at radius 1 is 1.62 bits per heavy atom. The monoisotopic (exact) mass is 134 g/mol. The maximum Gasteiger partial charge on any atom is 0.0703 e. The lowest BCUT2D eigenvalue weighted by Gasteiger charge is -2.28. The molecule has 0 saturated heterocycles. The van der Waals surface area contributed by atoms with Crippen molar-refractivity contribution in [2.75, 3.05) is 5.88 Å². The van der Waals surface area contributed by atoms with E-state index in [0.717, 1.165) is 0 Å². The number of hydrogen-bond acceptors (Lipinski definition) is 1. The summed E-state index contributed by atoms with van der Waals surface area (Å²) in [6, 6.07) is 0. The molecule has 0 radical (unpaired) electrons. The van der Waals surface area contributed by atoms with E-state index in [1.807, 2.05) is 0 Å². The van der Waals surface area contributed by atoms with Crippen molar-refractivity contribution in [2.24, 2.45) is 5.92 Å². The predicted octanol–water partition coefficient (Wildman–Crippen LogP) is 1.39. The Morgan fingerprint density at radius 2 is 2.25 bits per heavy atom. The second-order valence-corrected chi connectivity index (χ2v) is 2.72. The van der Waals surface area contributed by atoms with E-state index >= 15 is 0 Å². The topological polar surface area (TPSA) is 20.2 Å². The second kappa shape index (κ2) is 2.70. The van der Waals surface area contributed by atoms with Gasteiger partial charge in [0.2, 0.25) is 0 Å². The summed E-state index contributed by atoms with van der Waals surface area (Å²) in [5, 5.41) is 9.05. The summed E-state index contributed by atoms with van der Waals surface area (Å²) in [6.07, 6.45) is 3.39. The Bertz CT molecular complexity index is 68.2. The first-order valence-corrected chi connectivity index (χ1v) is 3.62. The summed E-state index contributed by atoms with van der Waals surface area (Å²) in [5.41, 5.74) is 0. The van der Waals surface area contributed by atoms with Gasteiger partial charge < -0.3 is 5.11 Å². The molecule has 0 aromatic rings. The Labute approximate surface area is 54.7 Å². The number of aliphatic hydroxyl groups is 1. The lowest BCUT2D eigenvalue weighted by molar-refractivity contribution is 0.0806. The average Bonchev–Trinajstić information content (AvgIpc) is 1.62. The van der Waals surface area contributed by atoms with Crippen LogP contribution in [0.5, 0.6) is 0 Å². The fraction of sp³-hybridized carbons (Fsp3) is 1.00. The third-order valence-corrected chi connectivity index (χ3v) is 2.17. The zero-order chi connectivity index (χ0) is 5.98. The van der Waals surface area contributed by atoms with Gasteiger partial charge in [0.25, 0.3) is 0 Å². The van der Waals surface area contributed by atoms with Crippen LogP contribution in [0.4, 0.5) is 0 Å². The third kappa shape index (κ3) is 1.15. The van der Waals surface area contributed by atoms with Crippen LogP contribution in [0, 0.1) is 5.92 Å². The largest absolute Gasteiger partial charge is 0.392 e. The molecule has 1 saturated carbocycles. The zero-order valence-corrected chi connectivity index (χ0v) is 5.56. The molecule has 1 rings (SSSR count). The summed E-state index contributed by atoms with van der Waals surface area (Å²) in [7, 11) is 0. The van der Waals surface area contributed by atoms with Crippen molar-refractivity contribution in [2.45, 2.75) is 25.4 Å². The molecule has 1 N–H and O–H groups in total. The average molecular weight is 135 g/mol. The second-order valence-electron chi connectivity index (χ2n) is 2.41. The summed E-state index contributed by atoms with van der Waals surface area (Å²) >= 11 is 5.41. The highest BCUT2D eigenvalue weighted by Gasteiger charge is 2.24. The molecular formula is C6H11ClO. The third-order valence-electron chi connectivity index (χ3n) is 1.85. The summed E-state index contributed by atoms with van der Waals surface area (Å²) in [6.45, 7) is 0. The highest BCUT2D eigenvalue weighted by atomic mass is 35.5. The molecule has 1 nitrogen and oxygen atoms in total. The van der Waals surface area contributed by atoms with Crippen LogP contribution >= 0.6 is 11.6 Å². The summed E-state index contributed by atoms with van der Waals surface area (Å²) in [4.78, 5) is 0. The van der Waals surface area contributed by atoms with Crippen LogP contribution in [-0.2, 0) is 0 Å². The van der Waals surface area contributed by atoms with Crippen LogP contribution in [0.3, 0.4) is 0 Å². The van der Waals surface area contributed by atoms with Gasteiger partial charge in [-0.3, -0.25) is 0 Å². The van der Waals surface area contributed by atoms with Crippen LogP contribution in [-0.4, -0.2) is 17.1 Å². The smallest absolute Gasteiger partial charge is 0.0703 e. The van der Waals surface area contributed by atoms with E-state index in [-0.39, 0.29) is 6.10 Å². The van der Waals surface area contributed by atoms with E-state index in [9.17, 15) is 0 Å². The molecule has 48 valence electrons. The lowest BCUT2D eigenvalue weighted by atomic mass is 9.82. The Kier molecular flexibility index (Phi) is 2.15. The molecule has 0 aromatic heterocycles. The van der Waals surface area contributed by atoms with E-state index in [4.69, 9.17) is 16.7 Å². The minimum absolute atomic E-state index is 0.231. The molecule has 0 aliphatic heterocycles. The van der Waals surface area contributed by atoms with E-state index in [2.05, 4.69) is 0 Å². The van der Waals surface area contributed by atoms with Crippen molar-refractivity contribution in [1.82, 2.24) is 0 Å². The van der Waals surface area contributed by atoms with Gasteiger partial charge in [0.15, 0.2) is 0 Å². The van der Waals surface area contributed by atoms with Crippen LogP contribution < -0.4 is 0 Å². The van der Waals surface area contributed by atoms with Crippen LogP contribution in [0.2, 0.25) is 0 Å². The van der Waals surface area contributed by atoms with Gasteiger partial charge in [0, 0.05) is 5.88 Å². The Morgan fingerprint density at radius 3 is 2.38 bits per heavy atom. The van der Waals surface area contributed by atoms with Crippen LogP contribution in [0.25, 0.3) is 0 Å². The summed E-state index contributed by atoms with van der Waals surface area (Å²) in [5.74, 6) is 0.928. The van der Waals surface area contributed by atoms with Gasteiger partial charge in [-0.2, -0.15) is 0 Å². The number of aliphatic hydroxyl groups excluding tert-OH is 1. The maximum absolute atomic E-state index is 9.05.